The molecule has 0 atom stereocenters. The molecule has 0 heterocycles. The molecule has 0 saturated carbocycles. The van der Waals surface area contributed by atoms with Crippen LogP contribution in [0, 0.1) is 0 Å². The summed E-state index contributed by atoms with van der Waals surface area (Å²) in [5, 5.41) is 14.0. The third kappa shape index (κ3) is 4.46. The lowest BCUT2D eigenvalue weighted by molar-refractivity contribution is 0.0697. The Labute approximate surface area is 135 Å². The van der Waals surface area contributed by atoms with E-state index in [1.54, 1.807) is 6.08 Å². The second-order valence-electron chi connectivity index (χ2n) is 4.34. The number of hydrogen-bond acceptors (Lipinski definition) is 2. The van der Waals surface area contributed by atoms with Crippen molar-refractivity contribution in [3.63, 3.8) is 0 Å². The predicted octanol–water partition coefficient (Wildman–Crippen LogP) is 3.94. The molecule has 2 aromatic carbocycles. The van der Waals surface area contributed by atoms with E-state index in [-0.39, 0.29) is 5.56 Å². The van der Waals surface area contributed by atoms with Crippen LogP contribution in [0.15, 0.2) is 59.2 Å². The first kappa shape index (κ1) is 15.8. The van der Waals surface area contributed by atoms with E-state index in [1.165, 1.54) is 30.5 Å². The summed E-state index contributed by atoms with van der Waals surface area (Å²) in [7, 11) is 0. The van der Waals surface area contributed by atoms with Crippen LogP contribution in [0.1, 0.15) is 15.9 Å². The SMILES string of the molecule is O=C(N/C=C/c1ccccc1Br)Nc1ccc(C(=O)O)cc1. The second kappa shape index (κ2) is 7.42. The van der Waals surface area contributed by atoms with Crippen molar-refractivity contribution in [1.29, 1.82) is 0 Å². The third-order valence-corrected chi connectivity index (χ3v) is 3.49. The molecular formula is C16H13BrN2O3. The van der Waals surface area contributed by atoms with Crippen LogP contribution in [0.3, 0.4) is 0 Å². The van der Waals surface area contributed by atoms with Crippen molar-refractivity contribution in [2.75, 3.05) is 5.32 Å². The zero-order valence-corrected chi connectivity index (χ0v) is 13.0. The van der Waals surface area contributed by atoms with Gasteiger partial charge in [-0.25, -0.2) is 9.59 Å². The Morgan fingerprint density at radius 1 is 1.05 bits per heavy atom. The van der Waals surface area contributed by atoms with Crippen LogP contribution in [0.25, 0.3) is 6.08 Å². The maximum absolute atomic E-state index is 11.7. The molecule has 2 rings (SSSR count). The highest BCUT2D eigenvalue weighted by Gasteiger charge is 2.03. The fourth-order valence-corrected chi connectivity index (χ4v) is 2.10. The number of benzene rings is 2. The summed E-state index contributed by atoms with van der Waals surface area (Å²) < 4.78 is 0.928. The van der Waals surface area contributed by atoms with Gasteiger partial charge in [-0.2, -0.15) is 0 Å². The molecule has 3 N–H and O–H groups in total. The highest BCUT2D eigenvalue weighted by Crippen LogP contribution is 2.16. The van der Waals surface area contributed by atoms with E-state index >= 15 is 0 Å². The van der Waals surface area contributed by atoms with E-state index in [0.29, 0.717) is 5.69 Å². The van der Waals surface area contributed by atoms with Crippen LogP contribution in [0.4, 0.5) is 10.5 Å². The van der Waals surface area contributed by atoms with E-state index in [0.717, 1.165) is 10.0 Å². The van der Waals surface area contributed by atoms with Crippen molar-refractivity contribution in [2.24, 2.45) is 0 Å². The number of carbonyl (C=O) groups is 2. The summed E-state index contributed by atoms with van der Waals surface area (Å²) >= 11 is 3.41. The first-order chi connectivity index (χ1) is 10.6. The van der Waals surface area contributed by atoms with E-state index in [2.05, 4.69) is 26.6 Å². The van der Waals surface area contributed by atoms with Crippen molar-refractivity contribution >= 4 is 39.7 Å². The molecule has 2 aromatic rings. The van der Waals surface area contributed by atoms with Gasteiger partial charge in [-0.3, -0.25) is 0 Å². The van der Waals surface area contributed by atoms with Gasteiger partial charge >= 0.3 is 12.0 Å². The molecule has 0 radical (unpaired) electrons. The van der Waals surface area contributed by atoms with Crippen molar-refractivity contribution in [3.8, 4) is 0 Å². The molecule has 0 fully saturated rings. The molecule has 0 aromatic heterocycles. The molecule has 0 aliphatic rings. The number of amides is 2. The smallest absolute Gasteiger partial charge is 0.335 e. The number of carboxylic acids is 1. The van der Waals surface area contributed by atoms with Gasteiger partial charge in [0, 0.05) is 16.4 Å². The maximum atomic E-state index is 11.7. The highest BCUT2D eigenvalue weighted by atomic mass is 79.9. The lowest BCUT2D eigenvalue weighted by Crippen LogP contribution is -2.23. The summed E-state index contributed by atoms with van der Waals surface area (Å²) in [6.07, 6.45) is 3.29. The molecule has 6 heteroatoms. The van der Waals surface area contributed by atoms with Gasteiger partial charge in [-0.1, -0.05) is 34.1 Å². The molecule has 0 bridgehead atoms. The van der Waals surface area contributed by atoms with Crippen molar-refractivity contribution < 1.29 is 14.7 Å². The van der Waals surface area contributed by atoms with Crippen LogP contribution < -0.4 is 10.6 Å². The minimum Gasteiger partial charge on any atom is -0.478 e. The maximum Gasteiger partial charge on any atom is 0.335 e. The van der Waals surface area contributed by atoms with Crippen LogP contribution in [-0.4, -0.2) is 17.1 Å². The normalized spacial score (nSPS) is 10.4. The fraction of sp³-hybridized carbons (Fsp3) is 0. The number of nitrogens with one attached hydrogen (secondary N) is 2. The topological polar surface area (TPSA) is 78.4 Å². The van der Waals surface area contributed by atoms with E-state index in [4.69, 9.17) is 5.11 Å². The van der Waals surface area contributed by atoms with Gasteiger partial charge in [0.2, 0.25) is 0 Å². The Bertz CT molecular complexity index is 712. The molecular weight excluding hydrogens is 348 g/mol. The first-order valence-electron chi connectivity index (χ1n) is 6.38. The van der Waals surface area contributed by atoms with Crippen LogP contribution >= 0.6 is 15.9 Å². The van der Waals surface area contributed by atoms with Gasteiger partial charge in [0.05, 0.1) is 5.56 Å². The molecule has 112 valence electrons. The zero-order chi connectivity index (χ0) is 15.9. The molecule has 0 aliphatic carbocycles. The number of aromatic carboxylic acids is 1. The lowest BCUT2D eigenvalue weighted by Gasteiger charge is -2.05. The van der Waals surface area contributed by atoms with Crippen molar-refractivity contribution in [3.05, 3.63) is 70.3 Å². The van der Waals surface area contributed by atoms with E-state index in [9.17, 15) is 9.59 Å². The van der Waals surface area contributed by atoms with Gasteiger partial charge in [-0.05, 0) is 42.0 Å². The van der Waals surface area contributed by atoms with Crippen LogP contribution in [0.5, 0.6) is 0 Å². The fourth-order valence-electron chi connectivity index (χ4n) is 1.68. The number of anilines is 1. The van der Waals surface area contributed by atoms with Gasteiger partial charge in [-0.15, -0.1) is 0 Å². The average molecular weight is 361 g/mol. The van der Waals surface area contributed by atoms with Crippen molar-refractivity contribution in [2.45, 2.75) is 0 Å². The Morgan fingerprint density at radius 2 is 1.73 bits per heavy atom. The summed E-state index contributed by atoms with van der Waals surface area (Å²) in [5.74, 6) is -1.01. The summed E-state index contributed by atoms with van der Waals surface area (Å²) in [4.78, 5) is 22.4. The Kier molecular flexibility index (Phi) is 5.32. The monoisotopic (exact) mass is 360 g/mol. The number of halogens is 1. The number of carbonyl (C=O) groups excluding carboxylic acids is 1. The minimum atomic E-state index is -1.01. The molecule has 2 amide bonds. The summed E-state index contributed by atoms with van der Waals surface area (Å²) in [5.41, 5.74) is 1.62. The number of rotatable bonds is 4. The molecule has 0 aliphatic heterocycles. The second-order valence-corrected chi connectivity index (χ2v) is 5.19. The highest BCUT2D eigenvalue weighted by molar-refractivity contribution is 9.10. The van der Waals surface area contributed by atoms with E-state index < -0.39 is 12.0 Å². The Hall–Kier alpha value is -2.60. The minimum absolute atomic E-state index is 0.166. The number of urea groups is 1. The zero-order valence-electron chi connectivity index (χ0n) is 11.4. The van der Waals surface area contributed by atoms with Gasteiger partial charge in [0.1, 0.15) is 0 Å². The number of hydrogen-bond donors (Lipinski definition) is 3. The summed E-state index contributed by atoms with van der Waals surface area (Å²) in [6, 6.07) is 13.1. The van der Waals surface area contributed by atoms with Crippen LogP contribution in [0.2, 0.25) is 0 Å². The Balaban J connectivity index is 1.90. The largest absolute Gasteiger partial charge is 0.478 e. The quantitative estimate of drug-likeness (QED) is 0.772. The van der Waals surface area contributed by atoms with Gasteiger partial charge in [0.25, 0.3) is 0 Å². The third-order valence-electron chi connectivity index (χ3n) is 2.77. The molecule has 0 unspecified atom stereocenters. The van der Waals surface area contributed by atoms with Gasteiger partial charge < -0.3 is 15.7 Å². The van der Waals surface area contributed by atoms with Crippen LogP contribution in [-0.2, 0) is 0 Å². The number of carboxylic acid groups (broad SMARTS) is 1. The lowest BCUT2D eigenvalue weighted by atomic mass is 10.2. The Morgan fingerprint density at radius 3 is 2.36 bits per heavy atom. The molecule has 22 heavy (non-hydrogen) atoms. The predicted molar refractivity (Wildman–Crippen MR) is 88.7 cm³/mol. The molecule has 5 nitrogen and oxygen atoms in total. The molecule has 0 saturated heterocycles. The van der Waals surface area contributed by atoms with E-state index in [1.807, 2.05) is 24.3 Å². The average Bonchev–Trinajstić information content (AvgIpc) is 2.50. The summed E-state index contributed by atoms with van der Waals surface area (Å²) in [6.45, 7) is 0. The van der Waals surface area contributed by atoms with Crippen molar-refractivity contribution in [1.82, 2.24) is 5.32 Å². The standard InChI is InChI=1S/C16H13BrN2O3/c17-14-4-2-1-3-11(14)9-10-18-16(22)19-13-7-5-12(6-8-13)15(20)21/h1-10H,(H,20,21)(H2,18,19,22)/b10-9+. The van der Waals surface area contributed by atoms with Gasteiger partial charge in [0.15, 0.2) is 0 Å². The first-order valence-corrected chi connectivity index (χ1v) is 7.17. The molecule has 0 spiro atoms.